The SMILES string of the molecule is COc1ccccc1OCC(=O)N(CCN1CCOCC1)c1nc2c(OC)ccc(OC)c2s1. The number of para-hydroxylation sites is 2. The number of morpholine rings is 1. The number of hydrogen-bond acceptors (Lipinski definition) is 9. The summed E-state index contributed by atoms with van der Waals surface area (Å²) in [6.45, 7) is 4.09. The fourth-order valence-electron chi connectivity index (χ4n) is 3.74. The number of carbonyl (C=O) groups excluding carboxylic acids is 1. The van der Waals surface area contributed by atoms with Crippen molar-refractivity contribution in [2.45, 2.75) is 0 Å². The van der Waals surface area contributed by atoms with Crippen LogP contribution in [0.3, 0.4) is 0 Å². The topological polar surface area (TPSA) is 82.6 Å². The van der Waals surface area contributed by atoms with Crippen molar-refractivity contribution < 1.29 is 28.5 Å². The van der Waals surface area contributed by atoms with E-state index in [0.29, 0.717) is 59.9 Å². The molecule has 3 aromatic rings. The number of carbonyl (C=O) groups is 1. The Balaban J connectivity index is 1.60. The van der Waals surface area contributed by atoms with E-state index in [0.717, 1.165) is 17.8 Å². The number of amides is 1. The van der Waals surface area contributed by atoms with Crippen LogP contribution in [0.5, 0.6) is 23.0 Å². The first-order valence-corrected chi connectivity index (χ1v) is 11.8. The minimum Gasteiger partial charge on any atom is -0.495 e. The molecule has 34 heavy (non-hydrogen) atoms. The van der Waals surface area contributed by atoms with Crippen LogP contribution in [0.15, 0.2) is 36.4 Å². The summed E-state index contributed by atoms with van der Waals surface area (Å²) < 4.78 is 28.4. The molecule has 9 nitrogen and oxygen atoms in total. The fraction of sp³-hybridized carbons (Fsp3) is 0.417. The maximum absolute atomic E-state index is 13.4. The number of rotatable bonds is 10. The number of ether oxygens (including phenoxy) is 5. The number of aromatic nitrogens is 1. The third kappa shape index (κ3) is 5.35. The van der Waals surface area contributed by atoms with Crippen molar-refractivity contribution in [1.29, 1.82) is 0 Å². The Hall–Kier alpha value is -3.08. The smallest absolute Gasteiger partial charge is 0.266 e. The van der Waals surface area contributed by atoms with Crippen LogP contribution in [0.1, 0.15) is 0 Å². The largest absolute Gasteiger partial charge is 0.495 e. The predicted molar refractivity (Wildman–Crippen MR) is 131 cm³/mol. The third-order valence-corrected chi connectivity index (χ3v) is 6.69. The number of thiazole rings is 1. The van der Waals surface area contributed by atoms with Gasteiger partial charge in [0.2, 0.25) is 0 Å². The molecule has 0 radical (unpaired) electrons. The van der Waals surface area contributed by atoms with Crippen molar-refractivity contribution in [3.63, 3.8) is 0 Å². The van der Waals surface area contributed by atoms with E-state index >= 15 is 0 Å². The lowest BCUT2D eigenvalue weighted by atomic mass is 10.3. The van der Waals surface area contributed by atoms with Crippen LogP contribution in [-0.4, -0.2) is 83.1 Å². The van der Waals surface area contributed by atoms with Gasteiger partial charge in [-0.2, -0.15) is 0 Å². The van der Waals surface area contributed by atoms with Crippen molar-refractivity contribution >= 4 is 32.6 Å². The Bertz CT molecular complexity index is 1070. The van der Waals surface area contributed by atoms with Crippen LogP contribution in [0.4, 0.5) is 5.13 Å². The second-order valence-electron chi connectivity index (χ2n) is 7.58. The molecule has 1 amide bonds. The molecule has 2 heterocycles. The van der Waals surface area contributed by atoms with E-state index in [4.69, 9.17) is 28.7 Å². The number of nitrogens with zero attached hydrogens (tertiary/aromatic N) is 3. The molecule has 0 unspecified atom stereocenters. The highest BCUT2D eigenvalue weighted by Crippen LogP contribution is 2.40. The Kier molecular flexibility index (Phi) is 8.04. The van der Waals surface area contributed by atoms with Gasteiger partial charge in [0.15, 0.2) is 23.2 Å². The zero-order chi connectivity index (χ0) is 23.9. The molecule has 0 atom stereocenters. The fourth-order valence-corrected chi connectivity index (χ4v) is 4.86. The zero-order valence-corrected chi connectivity index (χ0v) is 20.4. The molecule has 0 saturated carbocycles. The van der Waals surface area contributed by atoms with Gasteiger partial charge in [0.25, 0.3) is 5.91 Å². The number of fused-ring (bicyclic) bond motifs is 1. The lowest BCUT2D eigenvalue weighted by Gasteiger charge is -2.29. The number of methoxy groups -OCH3 is 3. The van der Waals surface area contributed by atoms with E-state index in [1.807, 2.05) is 24.3 Å². The van der Waals surface area contributed by atoms with Crippen LogP contribution in [-0.2, 0) is 9.53 Å². The molecular weight excluding hydrogens is 458 g/mol. The van der Waals surface area contributed by atoms with Gasteiger partial charge in [-0.3, -0.25) is 14.6 Å². The molecule has 0 aliphatic carbocycles. The standard InChI is InChI=1S/C24H29N3O6S/c1-29-17-6-4-5-7-18(17)33-16-21(28)27(11-10-26-12-14-32-15-13-26)24-25-22-19(30-2)8-9-20(31-3)23(22)34-24/h4-9H,10-16H2,1-3H3. The Labute approximate surface area is 202 Å². The molecule has 182 valence electrons. The highest BCUT2D eigenvalue weighted by Gasteiger charge is 2.24. The Morgan fingerprint density at radius 1 is 1.00 bits per heavy atom. The first-order chi connectivity index (χ1) is 16.6. The van der Waals surface area contributed by atoms with Crippen LogP contribution in [0.2, 0.25) is 0 Å². The second-order valence-corrected chi connectivity index (χ2v) is 8.56. The average Bonchev–Trinajstić information content (AvgIpc) is 3.33. The quantitative estimate of drug-likeness (QED) is 0.432. The van der Waals surface area contributed by atoms with Gasteiger partial charge in [0.05, 0.1) is 34.5 Å². The van der Waals surface area contributed by atoms with Gasteiger partial charge in [0.1, 0.15) is 21.7 Å². The van der Waals surface area contributed by atoms with Gasteiger partial charge in [-0.25, -0.2) is 4.98 Å². The summed E-state index contributed by atoms with van der Waals surface area (Å²) in [7, 11) is 4.78. The number of hydrogen-bond donors (Lipinski definition) is 0. The molecule has 1 aliphatic heterocycles. The van der Waals surface area contributed by atoms with Crippen LogP contribution in [0.25, 0.3) is 10.2 Å². The lowest BCUT2D eigenvalue weighted by molar-refractivity contribution is -0.120. The second kappa shape index (κ2) is 11.4. The van der Waals surface area contributed by atoms with Crippen LogP contribution < -0.4 is 23.8 Å². The summed E-state index contributed by atoms with van der Waals surface area (Å²) in [6, 6.07) is 10.9. The summed E-state index contributed by atoms with van der Waals surface area (Å²) >= 11 is 1.40. The highest BCUT2D eigenvalue weighted by molar-refractivity contribution is 7.22. The molecule has 0 bridgehead atoms. The number of anilines is 1. The van der Waals surface area contributed by atoms with E-state index in [2.05, 4.69) is 4.90 Å². The molecule has 0 N–H and O–H groups in total. The minimum atomic E-state index is -0.198. The highest BCUT2D eigenvalue weighted by atomic mass is 32.1. The van der Waals surface area contributed by atoms with Gasteiger partial charge in [-0.15, -0.1) is 0 Å². The number of benzene rings is 2. The van der Waals surface area contributed by atoms with Gasteiger partial charge in [-0.05, 0) is 24.3 Å². The lowest BCUT2D eigenvalue weighted by Crippen LogP contribution is -2.44. The van der Waals surface area contributed by atoms with Gasteiger partial charge >= 0.3 is 0 Å². The average molecular weight is 488 g/mol. The zero-order valence-electron chi connectivity index (χ0n) is 19.6. The summed E-state index contributed by atoms with van der Waals surface area (Å²) in [5.41, 5.74) is 0.664. The Morgan fingerprint density at radius 2 is 1.68 bits per heavy atom. The maximum atomic E-state index is 13.4. The van der Waals surface area contributed by atoms with Crippen molar-refractivity contribution in [3.05, 3.63) is 36.4 Å². The molecule has 1 aromatic heterocycles. The minimum absolute atomic E-state index is 0.145. The van der Waals surface area contributed by atoms with Gasteiger partial charge in [0, 0.05) is 26.2 Å². The molecular formula is C24H29N3O6S. The van der Waals surface area contributed by atoms with Gasteiger partial charge < -0.3 is 23.7 Å². The molecule has 1 saturated heterocycles. The van der Waals surface area contributed by atoms with Crippen molar-refractivity contribution in [1.82, 2.24) is 9.88 Å². The van der Waals surface area contributed by atoms with E-state index in [1.165, 1.54) is 11.3 Å². The van der Waals surface area contributed by atoms with Crippen molar-refractivity contribution in [2.24, 2.45) is 0 Å². The third-order valence-electron chi connectivity index (χ3n) is 5.59. The van der Waals surface area contributed by atoms with Crippen LogP contribution in [0, 0.1) is 0 Å². The summed E-state index contributed by atoms with van der Waals surface area (Å²) in [6.07, 6.45) is 0. The molecule has 1 fully saturated rings. The summed E-state index contributed by atoms with van der Waals surface area (Å²) in [5.74, 6) is 2.20. The summed E-state index contributed by atoms with van der Waals surface area (Å²) in [4.78, 5) is 22.1. The normalized spacial score (nSPS) is 14.1. The van der Waals surface area contributed by atoms with Gasteiger partial charge in [-0.1, -0.05) is 23.5 Å². The molecule has 2 aromatic carbocycles. The monoisotopic (exact) mass is 487 g/mol. The van der Waals surface area contributed by atoms with Crippen LogP contribution >= 0.6 is 11.3 Å². The summed E-state index contributed by atoms with van der Waals surface area (Å²) in [5, 5.41) is 0.569. The van der Waals surface area contributed by atoms with Crippen molar-refractivity contribution in [3.8, 4) is 23.0 Å². The van der Waals surface area contributed by atoms with E-state index < -0.39 is 0 Å². The van der Waals surface area contributed by atoms with Crippen molar-refractivity contribution in [2.75, 3.05) is 72.2 Å². The van der Waals surface area contributed by atoms with E-state index in [1.54, 1.807) is 38.4 Å². The predicted octanol–water partition coefficient (Wildman–Crippen LogP) is 3.07. The first-order valence-electron chi connectivity index (χ1n) is 11.0. The molecule has 4 rings (SSSR count). The van der Waals surface area contributed by atoms with E-state index in [-0.39, 0.29) is 12.5 Å². The molecule has 1 aliphatic rings. The first kappa shape index (κ1) is 24.1. The van der Waals surface area contributed by atoms with E-state index in [9.17, 15) is 4.79 Å². The maximum Gasteiger partial charge on any atom is 0.266 e. The Morgan fingerprint density at radius 3 is 2.38 bits per heavy atom. The molecule has 10 heteroatoms. The molecule has 0 spiro atoms.